The van der Waals surface area contributed by atoms with Crippen LogP contribution in [0.4, 0.5) is 5.82 Å². The molecule has 0 unspecified atom stereocenters. The summed E-state index contributed by atoms with van der Waals surface area (Å²) >= 11 is 0. The van der Waals surface area contributed by atoms with Crippen molar-refractivity contribution < 1.29 is 0 Å². The highest BCUT2D eigenvalue weighted by atomic mass is 15.1. The Kier molecular flexibility index (Phi) is 2.40. The number of hydrogen-bond donors (Lipinski definition) is 2. The second kappa shape index (κ2) is 3.87. The highest BCUT2D eigenvalue weighted by Crippen LogP contribution is 2.07. The summed E-state index contributed by atoms with van der Waals surface area (Å²) in [6, 6.07) is 1.92. The van der Waals surface area contributed by atoms with Crippen LogP contribution in [-0.2, 0) is 6.54 Å². The summed E-state index contributed by atoms with van der Waals surface area (Å²) in [4.78, 5) is 8.30. The number of aromatic nitrogens is 4. The van der Waals surface area contributed by atoms with E-state index < -0.39 is 0 Å². The monoisotopic (exact) mass is 189 g/mol. The highest BCUT2D eigenvalue weighted by molar-refractivity contribution is 5.38. The zero-order valence-corrected chi connectivity index (χ0v) is 7.86. The Morgan fingerprint density at radius 1 is 1.29 bits per heavy atom. The van der Waals surface area contributed by atoms with Crippen LogP contribution in [0.5, 0.6) is 0 Å². The number of anilines is 1. The molecule has 2 aromatic rings. The van der Waals surface area contributed by atoms with Crippen LogP contribution in [0.25, 0.3) is 0 Å². The summed E-state index contributed by atoms with van der Waals surface area (Å²) < 4.78 is 0. The summed E-state index contributed by atoms with van der Waals surface area (Å²) in [5, 5.41) is 9.89. The number of aryl methyl sites for hydroxylation is 1. The predicted molar refractivity (Wildman–Crippen MR) is 52.7 cm³/mol. The molecule has 0 saturated carbocycles. The zero-order chi connectivity index (χ0) is 9.80. The molecule has 0 aliphatic carbocycles. The van der Waals surface area contributed by atoms with Crippen LogP contribution in [0.15, 0.2) is 24.7 Å². The van der Waals surface area contributed by atoms with Crippen LogP contribution in [-0.4, -0.2) is 20.2 Å². The third-order valence-corrected chi connectivity index (χ3v) is 1.89. The molecule has 2 aromatic heterocycles. The Morgan fingerprint density at radius 3 is 2.86 bits per heavy atom. The van der Waals surface area contributed by atoms with E-state index in [1.165, 1.54) is 0 Å². The first-order valence-corrected chi connectivity index (χ1v) is 4.36. The second-order valence-corrected chi connectivity index (χ2v) is 2.93. The summed E-state index contributed by atoms with van der Waals surface area (Å²) in [5.74, 6) is 0.808. The van der Waals surface area contributed by atoms with Crippen LogP contribution in [0.3, 0.4) is 0 Å². The first kappa shape index (κ1) is 8.68. The van der Waals surface area contributed by atoms with Gasteiger partial charge in [0.15, 0.2) is 0 Å². The smallest absolute Gasteiger partial charge is 0.147 e. The molecule has 5 heteroatoms. The first-order chi connectivity index (χ1) is 6.86. The summed E-state index contributed by atoms with van der Waals surface area (Å²) in [6.07, 6.45) is 5.07. The molecule has 14 heavy (non-hydrogen) atoms. The van der Waals surface area contributed by atoms with Crippen LogP contribution in [0, 0.1) is 6.92 Å². The van der Waals surface area contributed by atoms with Crippen LogP contribution >= 0.6 is 0 Å². The number of rotatable bonds is 3. The van der Waals surface area contributed by atoms with Crippen molar-refractivity contribution >= 4 is 5.82 Å². The molecular formula is C9H11N5. The van der Waals surface area contributed by atoms with Crippen molar-refractivity contribution in [1.29, 1.82) is 0 Å². The zero-order valence-electron chi connectivity index (χ0n) is 7.86. The van der Waals surface area contributed by atoms with Gasteiger partial charge in [0.05, 0.1) is 17.9 Å². The molecule has 0 saturated heterocycles. The maximum atomic E-state index is 4.17. The molecule has 0 aliphatic heterocycles. The van der Waals surface area contributed by atoms with E-state index in [-0.39, 0.29) is 0 Å². The van der Waals surface area contributed by atoms with Gasteiger partial charge >= 0.3 is 0 Å². The lowest BCUT2D eigenvalue weighted by Gasteiger charge is -2.04. The van der Waals surface area contributed by atoms with E-state index in [1.807, 2.05) is 13.0 Å². The third-order valence-electron chi connectivity index (χ3n) is 1.89. The Balaban J connectivity index is 2.02. The van der Waals surface area contributed by atoms with Crippen molar-refractivity contribution in [1.82, 2.24) is 20.2 Å². The quantitative estimate of drug-likeness (QED) is 0.759. The van der Waals surface area contributed by atoms with E-state index in [0.717, 1.165) is 17.2 Å². The molecule has 0 spiro atoms. The van der Waals surface area contributed by atoms with Gasteiger partial charge in [-0.05, 0) is 13.0 Å². The van der Waals surface area contributed by atoms with E-state index in [9.17, 15) is 0 Å². The first-order valence-electron chi connectivity index (χ1n) is 4.36. The highest BCUT2D eigenvalue weighted by Gasteiger charge is 1.99. The average Bonchev–Trinajstić information content (AvgIpc) is 2.69. The summed E-state index contributed by atoms with van der Waals surface area (Å²) in [6.45, 7) is 2.60. The normalized spacial score (nSPS) is 10.1. The van der Waals surface area contributed by atoms with E-state index in [4.69, 9.17) is 0 Å². The number of hydrogen-bond acceptors (Lipinski definition) is 4. The molecular weight excluding hydrogens is 178 g/mol. The molecule has 0 aliphatic rings. The Labute approximate surface area is 81.6 Å². The van der Waals surface area contributed by atoms with Gasteiger partial charge in [-0.1, -0.05) is 0 Å². The van der Waals surface area contributed by atoms with Gasteiger partial charge in [-0.3, -0.25) is 10.1 Å². The van der Waals surface area contributed by atoms with Crippen LogP contribution in [0.1, 0.15) is 11.4 Å². The largest absolute Gasteiger partial charge is 0.363 e. The maximum Gasteiger partial charge on any atom is 0.147 e. The number of nitrogens with one attached hydrogen (secondary N) is 2. The molecule has 2 N–H and O–H groups in total. The van der Waals surface area contributed by atoms with E-state index in [1.54, 1.807) is 18.6 Å². The molecule has 2 rings (SSSR count). The van der Waals surface area contributed by atoms with Crippen molar-refractivity contribution in [3.63, 3.8) is 0 Å². The number of nitrogens with zero attached hydrogens (tertiary/aromatic N) is 3. The minimum Gasteiger partial charge on any atom is -0.363 e. The maximum absolute atomic E-state index is 4.17. The van der Waals surface area contributed by atoms with Crippen molar-refractivity contribution in [3.05, 3.63) is 36.0 Å². The van der Waals surface area contributed by atoms with Gasteiger partial charge in [0, 0.05) is 18.6 Å². The van der Waals surface area contributed by atoms with Gasteiger partial charge in [0.1, 0.15) is 5.82 Å². The molecule has 5 nitrogen and oxygen atoms in total. The number of aromatic amines is 1. The molecule has 0 amide bonds. The Bertz CT molecular complexity index is 395. The average molecular weight is 189 g/mol. The fourth-order valence-electron chi connectivity index (χ4n) is 1.14. The minimum absolute atomic E-state index is 0.680. The van der Waals surface area contributed by atoms with Crippen molar-refractivity contribution in [3.8, 4) is 0 Å². The van der Waals surface area contributed by atoms with Crippen molar-refractivity contribution in [2.24, 2.45) is 0 Å². The molecule has 72 valence electrons. The Hall–Kier alpha value is -1.91. The fraction of sp³-hybridized carbons (Fsp3) is 0.222. The summed E-state index contributed by atoms with van der Waals surface area (Å²) in [7, 11) is 0. The lowest BCUT2D eigenvalue weighted by atomic mass is 10.4. The van der Waals surface area contributed by atoms with Gasteiger partial charge < -0.3 is 5.32 Å². The van der Waals surface area contributed by atoms with Gasteiger partial charge in [-0.25, -0.2) is 4.98 Å². The van der Waals surface area contributed by atoms with Crippen LogP contribution < -0.4 is 5.32 Å². The third kappa shape index (κ3) is 1.87. The fourth-order valence-corrected chi connectivity index (χ4v) is 1.14. The van der Waals surface area contributed by atoms with Crippen LogP contribution in [0.2, 0.25) is 0 Å². The van der Waals surface area contributed by atoms with Crippen molar-refractivity contribution in [2.45, 2.75) is 13.5 Å². The predicted octanol–water partition coefficient (Wildman–Crippen LogP) is 1.12. The van der Waals surface area contributed by atoms with E-state index in [2.05, 4.69) is 25.5 Å². The molecule has 0 aromatic carbocycles. The standard InChI is InChI=1S/C9H11N5/c1-7-9(11-5-4-10-7)12-6-8-2-3-13-14-8/h2-5H,6H2,1H3,(H,11,12)(H,13,14). The summed E-state index contributed by atoms with van der Waals surface area (Å²) in [5.41, 5.74) is 1.92. The number of H-pyrrole nitrogens is 1. The molecule has 0 bridgehead atoms. The van der Waals surface area contributed by atoms with E-state index in [0.29, 0.717) is 6.54 Å². The van der Waals surface area contributed by atoms with Gasteiger partial charge in [-0.2, -0.15) is 5.10 Å². The topological polar surface area (TPSA) is 66.5 Å². The minimum atomic E-state index is 0.680. The Morgan fingerprint density at radius 2 is 2.14 bits per heavy atom. The van der Waals surface area contributed by atoms with Gasteiger partial charge in [0.2, 0.25) is 0 Å². The molecule has 0 radical (unpaired) electrons. The second-order valence-electron chi connectivity index (χ2n) is 2.93. The molecule has 0 fully saturated rings. The van der Waals surface area contributed by atoms with E-state index >= 15 is 0 Å². The van der Waals surface area contributed by atoms with Crippen molar-refractivity contribution in [2.75, 3.05) is 5.32 Å². The SMILES string of the molecule is Cc1nccnc1NCc1ccn[nH]1. The molecule has 2 heterocycles. The van der Waals surface area contributed by atoms with Gasteiger partial charge in [-0.15, -0.1) is 0 Å². The lowest BCUT2D eigenvalue weighted by molar-refractivity contribution is 0.964. The lowest BCUT2D eigenvalue weighted by Crippen LogP contribution is -2.04. The van der Waals surface area contributed by atoms with Gasteiger partial charge in [0.25, 0.3) is 0 Å². The molecule has 0 atom stereocenters.